The van der Waals surface area contributed by atoms with Gasteiger partial charge in [0.1, 0.15) is 17.6 Å². The number of cyclic esters (lactones) is 1. The fraction of sp³-hybridized carbons (Fsp3) is 0.235. The number of hydrogen-bond donors (Lipinski definition) is 1. The Morgan fingerprint density at radius 1 is 0.932 bits per heavy atom. The molecular formula is C34H30F3NO6. The Bertz CT molecular complexity index is 1730. The Hall–Kier alpha value is -4.99. The second kappa shape index (κ2) is 11.9. The van der Waals surface area contributed by atoms with Gasteiger partial charge < -0.3 is 19.3 Å². The van der Waals surface area contributed by atoms with Crippen molar-refractivity contribution in [2.24, 2.45) is 0 Å². The van der Waals surface area contributed by atoms with Gasteiger partial charge in [-0.1, -0.05) is 30.3 Å². The topological polar surface area (TPSA) is 85.3 Å². The van der Waals surface area contributed by atoms with Crippen LogP contribution in [0.5, 0.6) is 11.5 Å². The summed E-state index contributed by atoms with van der Waals surface area (Å²) in [7, 11) is 2.99. The number of carbonyl (C=O) groups is 2. The molecule has 0 aromatic heterocycles. The van der Waals surface area contributed by atoms with E-state index in [0.29, 0.717) is 39.3 Å². The van der Waals surface area contributed by atoms with Gasteiger partial charge in [-0.3, -0.25) is 4.90 Å². The third kappa shape index (κ3) is 5.92. The molecule has 2 atom stereocenters. The van der Waals surface area contributed by atoms with Crippen LogP contribution in [-0.4, -0.2) is 42.3 Å². The molecule has 0 radical (unpaired) electrons. The highest BCUT2D eigenvalue weighted by Gasteiger charge is 2.40. The number of carbonyl (C=O) groups excluding carboxylic acids is 1. The third-order valence-corrected chi connectivity index (χ3v) is 7.86. The smallest absolute Gasteiger partial charge is 0.416 e. The molecule has 1 heterocycles. The summed E-state index contributed by atoms with van der Waals surface area (Å²) in [5.74, 6) is -0.0437. The fourth-order valence-electron chi connectivity index (χ4n) is 5.53. The summed E-state index contributed by atoms with van der Waals surface area (Å²) in [6.45, 7) is 3.42. The molecule has 1 aliphatic rings. The highest BCUT2D eigenvalue weighted by molar-refractivity contribution is 5.89. The SMILES string of the molecule is COc1cccc([C@H]2OC(=O)N(Cc3cc(C(F)(F)F)ccc3-c3cc(-c4ccc(C(=O)O)cc4C)ccc3OC)[C@H]2C)c1. The monoisotopic (exact) mass is 605 g/mol. The molecule has 0 spiro atoms. The van der Waals surface area contributed by atoms with Crippen molar-refractivity contribution in [2.45, 2.75) is 38.7 Å². The van der Waals surface area contributed by atoms with Crippen LogP contribution in [0.15, 0.2) is 78.9 Å². The molecule has 4 aromatic rings. The van der Waals surface area contributed by atoms with E-state index in [1.807, 2.05) is 0 Å². The highest BCUT2D eigenvalue weighted by atomic mass is 19.4. The van der Waals surface area contributed by atoms with E-state index in [9.17, 15) is 27.9 Å². The standard InChI is InChI=1S/C34H30F3NO6/c1-19-14-23(32(39)40)8-11-27(19)21-9-13-30(43-4)29(17-21)28-12-10-25(34(35,36)37)15-24(28)18-38-20(2)31(44-33(38)41)22-6-5-7-26(16-22)42-3/h5-17,20,31H,18H2,1-4H3,(H,39,40)/t20-,31-/m0/s1. The van der Waals surface area contributed by atoms with Crippen LogP contribution in [-0.2, 0) is 17.5 Å². The lowest BCUT2D eigenvalue weighted by Gasteiger charge is -2.24. The number of aromatic carboxylic acids is 1. The largest absolute Gasteiger partial charge is 0.497 e. The summed E-state index contributed by atoms with van der Waals surface area (Å²) in [4.78, 5) is 26.0. The summed E-state index contributed by atoms with van der Waals surface area (Å²) >= 11 is 0. The normalized spacial score (nSPS) is 16.5. The molecular weight excluding hydrogens is 575 g/mol. The minimum atomic E-state index is -4.61. The van der Waals surface area contributed by atoms with Crippen molar-refractivity contribution >= 4 is 12.1 Å². The van der Waals surface area contributed by atoms with Gasteiger partial charge in [0.05, 0.1) is 37.9 Å². The van der Waals surface area contributed by atoms with Crippen LogP contribution in [0.4, 0.5) is 18.0 Å². The molecule has 44 heavy (non-hydrogen) atoms. The van der Waals surface area contributed by atoms with Gasteiger partial charge in [-0.25, -0.2) is 9.59 Å². The number of carboxylic acid groups (broad SMARTS) is 1. The van der Waals surface area contributed by atoms with Crippen LogP contribution in [0.1, 0.15) is 45.6 Å². The van der Waals surface area contributed by atoms with E-state index in [2.05, 4.69) is 0 Å². The van der Waals surface area contributed by atoms with E-state index in [0.717, 1.165) is 17.7 Å². The summed E-state index contributed by atoms with van der Waals surface area (Å²) in [6.07, 6.45) is -5.91. The van der Waals surface area contributed by atoms with Gasteiger partial charge in [0.15, 0.2) is 0 Å². The minimum absolute atomic E-state index is 0.142. The number of benzene rings is 4. The molecule has 0 bridgehead atoms. The molecule has 0 saturated carbocycles. The van der Waals surface area contributed by atoms with E-state index < -0.39 is 35.9 Å². The van der Waals surface area contributed by atoms with Gasteiger partial charge in [-0.15, -0.1) is 0 Å². The molecule has 5 rings (SSSR count). The lowest BCUT2D eigenvalue weighted by Crippen LogP contribution is -2.31. The first kappa shape index (κ1) is 30.5. The molecule has 4 aromatic carbocycles. The molecule has 1 aliphatic heterocycles. The summed E-state index contributed by atoms with van der Waals surface area (Å²) < 4.78 is 58.3. The van der Waals surface area contributed by atoms with E-state index in [4.69, 9.17) is 14.2 Å². The number of carboxylic acids is 1. The maximum atomic E-state index is 13.9. The second-order valence-corrected chi connectivity index (χ2v) is 10.6. The Morgan fingerprint density at radius 3 is 2.34 bits per heavy atom. The molecule has 10 heteroatoms. The molecule has 1 saturated heterocycles. The number of alkyl halides is 3. The van der Waals surface area contributed by atoms with Crippen molar-refractivity contribution in [1.29, 1.82) is 0 Å². The zero-order valence-electron chi connectivity index (χ0n) is 24.4. The number of halogens is 3. The summed E-state index contributed by atoms with van der Waals surface area (Å²) in [5.41, 5.74) is 3.39. The summed E-state index contributed by atoms with van der Waals surface area (Å²) in [5, 5.41) is 9.36. The number of ether oxygens (including phenoxy) is 3. The Labute approximate surface area is 252 Å². The first-order chi connectivity index (χ1) is 20.9. The first-order valence-electron chi connectivity index (χ1n) is 13.7. The molecule has 228 valence electrons. The molecule has 0 unspecified atom stereocenters. The maximum absolute atomic E-state index is 13.9. The van der Waals surface area contributed by atoms with Gasteiger partial charge in [-0.05, 0) is 95.8 Å². The second-order valence-electron chi connectivity index (χ2n) is 10.6. The van der Waals surface area contributed by atoms with Crippen molar-refractivity contribution < 1.29 is 42.1 Å². The van der Waals surface area contributed by atoms with Gasteiger partial charge in [-0.2, -0.15) is 13.2 Å². The average molecular weight is 606 g/mol. The predicted octanol–water partition coefficient (Wildman–Crippen LogP) is 8.15. The van der Waals surface area contributed by atoms with E-state index in [1.165, 1.54) is 31.3 Å². The maximum Gasteiger partial charge on any atom is 0.416 e. The molecule has 1 N–H and O–H groups in total. The number of hydrogen-bond acceptors (Lipinski definition) is 5. The molecule has 0 aliphatic carbocycles. The lowest BCUT2D eigenvalue weighted by molar-refractivity contribution is -0.137. The number of nitrogens with zero attached hydrogens (tertiary/aromatic N) is 1. The Morgan fingerprint density at radius 2 is 1.68 bits per heavy atom. The number of rotatable bonds is 8. The van der Waals surface area contributed by atoms with Crippen LogP contribution in [0.2, 0.25) is 0 Å². The van der Waals surface area contributed by atoms with Crippen molar-refractivity contribution in [1.82, 2.24) is 4.90 Å². The quantitative estimate of drug-likeness (QED) is 0.218. The van der Waals surface area contributed by atoms with E-state index in [-0.39, 0.29) is 17.7 Å². The van der Waals surface area contributed by atoms with Crippen LogP contribution in [0, 0.1) is 6.92 Å². The lowest BCUT2D eigenvalue weighted by atomic mass is 9.91. The van der Waals surface area contributed by atoms with E-state index >= 15 is 0 Å². The highest BCUT2D eigenvalue weighted by Crippen LogP contribution is 2.41. The number of amides is 1. The predicted molar refractivity (Wildman–Crippen MR) is 158 cm³/mol. The number of aryl methyl sites for hydroxylation is 1. The van der Waals surface area contributed by atoms with Crippen molar-refractivity contribution in [2.75, 3.05) is 14.2 Å². The first-order valence-corrected chi connectivity index (χ1v) is 13.7. The van der Waals surface area contributed by atoms with Gasteiger partial charge >= 0.3 is 18.2 Å². The fourth-order valence-corrected chi connectivity index (χ4v) is 5.53. The van der Waals surface area contributed by atoms with Gasteiger partial charge in [0, 0.05) is 5.56 Å². The van der Waals surface area contributed by atoms with Crippen LogP contribution < -0.4 is 9.47 Å². The molecule has 1 fully saturated rings. The van der Waals surface area contributed by atoms with E-state index in [1.54, 1.807) is 68.4 Å². The van der Waals surface area contributed by atoms with Crippen molar-refractivity contribution in [3.63, 3.8) is 0 Å². The van der Waals surface area contributed by atoms with Gasteiger partial charge in [0.25, 0.3) is 0 Å². The average Bonchev–Trinajstić information content (AvgIpc) is 3.28. The zero-order chi connectivity index (χ0) is 31.8. The van der Waals surface area contributed by atoms with Gasteiger partial charge in [0.2, 0.25) is 0 Å². The van der Waals surface area contributed by atoms with Crippen molar-refractivity contribution in [3.05, 3.63) is 107 Å². The zero-order valence-corrected chi connectivity index (χ0v) is 24.4. The Kier molecular flexibility index (Phi) is 8.27. The number of methoxy groups -OCH3 is 2. The van der Waals surface area contributed by atoms with Crippen LogP contribution in [0.3, 0.4) is 0 Å². The van der Waals surface area contributed by atoms with Crippen molar-refractivity contribution in [3.8, 4) is 33.8 Å². The Balaban J connectivity index is 1.58. The third-order valence-electron chi connectivity index (χ3n) is 7.86. The molecule has 1 amide bonds. The molecule has 7 nitrogen and oxygen atoms in total. The van der Waals surface area contributed by atoms with Crippen LogP contribution >= 0.6 is 0 Å². The summed E-state index contributed by atoms with van der Waals surface area (Å²) in [6, 6.07) is 20.1. The minimum Gasteiger partial charge on any atom is -0.497 e. The van der Waals surface area contributed by atoms with Crippen LogP contribution in [0.25, 0.3) is 22.3 Å².